The SMILES string of the molecule is CCCc1nc2c(C)cc(-c3nc(C)c(C)n3CCOC)cc2n1Cc1ccc(-c2ccccc2-c2nnn[nH]2)cc1. The Hall–Kier alpha value is -4.63. The Morgan fingerprint density at radius 2 is 1.67 bits per heavy atom. The third kappa shape index (κ3) is 5.12. The fourth-order valence-electron chi connectivity index (χ4n) is 5.68. The number of aromatic amines is 1. The van der Waals surface area contributed by atoms with E-state index in [1.165, 1.54) is 11.3 Å². The number of nitrogens with zero attached hydrogens (tertiary/aromatic N) is 7. The second kappa shape index (κ2) is 11.7. The van der Waals surface area contributed by atoms with Crippen LogP contribution in [0.1, 0.15) is 41.7 Å². The summed E-state index contributed by atoms with van der Waals surface area (Å²) in [5, 5.41) is 14.5. The lowest BCUT2D eigenvalue weighted by Crippen LogP contribution is -2.08. The molecule has 0 aliphatic rings. The van der Waals surface area contributed by atoms with Crippen molar-refractivity contribution in [3.63, 3.8) is 0 Å². The van der Waals surface area contributed by atoms with Crippen LogP contribution in [0, 0.1) is 20.8 Å². The maximum Gasteiger partial charge on any atom is 0.180 e. The average molecular weight is 561 g/mol. The van der Waals surface area contributed by atoms with Gasteiger partial charge in [-0.25, -0.2) is 15.1 Å². The van der Waals surface area contributed by atoms with Crippen LogP contribution < -0.4 is 0 Å². The lowest BCUT2D eigenvalue weighted by Gasteiger charge is -2.13. The number of aromatic nitrogens is 8. The molecule has 9 heteroatoms. The Bertz CT molecular complexity index is 1830. The van der Waals surface area contributed by atoms with Crippen LogP contribution in [0.3, 0.4) is 0 Å². The Kier molecular flexibility index (Phi) is 7.67. The van der Waals surface area contributed by atoms with Crippen molar-refractivity contribution in [2.75, 3.05) is 13.7 Å². The molecule has 0 atom stereocenters. The molecule has 0 amide bonds. The van der Waals surface area contributed by atoms with Crippen molar-refractivity contribution >= 4 is 11.0 Å². The molecule has 214 valence electrons. The van der Waals surface area contributed by atoms with Gasteiger partial charge in [0.1, 0.15) is 11.6 Å². The normalized spacial score (nSPS) is 11.5. The van der Waals surface area contributed by atoms with E-state index in [4.69, 9.17) is 14.7 Å². The van der Waals surface area contributed by atoms with Gasteiger partial charge in [-0.15, -0.1) is 5.10 Å². The number of H-pyrrole nitrogens is 1. The van der Waals surface area contributed by atoms with Crippen LogP contribution in [0.2, 0.25) is 0 Å². The van der Waals surface area contributed by atoms with Crippen LogP contribution in [0.15, 0.2) is 60.7 Å². The maximum absolute atomic E-state index is 5.40. The van der Waals surface area contributed by atoms with E-state index in [1.807, 2.05) is 18.2 Å². The quantitative estimate of drug-likeness (QED) is 0.211. The molecule has 0 saturated heterocycles. The van der Waals surface area contributed by atoms with Gasteiger partial charge in [-0.1, -0.05) is 55.5 Å². The Balaban J connectivity index is 1.39. The van der Waals surface area contributed by atoms with Gasteiger partial charge in [0, 0.05) is 43.4 Å². The monoisotopic (exact) mass is 560 g/mol. The predicted octanol–water partition coefficient (Wildman–Crippen LogP) is 6.32. The first kappa shape index (κ1) is 27.5. The molecule has 0 radical (unpaired) electrons. The topological polar surface area (TPSA) is 99.3 Å². The highest BCUT2D eigenvalue weighted by Gasteiger charge is 2.19. The average Bonchev–Trinajstić information content (AvgIpc) is 3.73. The van der Waals surface area contributed by atoms with Crippen LogP contribution in [-0.2, 0) is 24.2 Å². The van der Waals surface area contributed by atoms with Gasteiger partial charge < -0.3 is 13.9 Å². The van der Waals surface area contributed by atoms with E-state index in [0.717, 1.165) is 82.1 Å². The van der Waals surface area contributed by atoms with E-state index < -0.39 is 0 Å². The molecule has 0 fully saturated rings. The molecule has 0 unspecified atom stereocenters. The summed E-state index contributed by atoms with van der Waals surface area (Å²) in [7, 11) is 1.74. The molecule has 0 aliphatic heterocycles. The fraction of sp³-hybridized carbons (Fsp3) is 0.303. The van der Waals surface area contributed by atoms with Crippen molar-refractivity contribution in [2.24, 2.45) is 0 Å². The lowest BCUT2D eigenvalue weighted by molar-refractivity contribution is 0.187. The van der Waals surface area contributed by atoms with Crippen LogP contribution in [0.4, 0.5) is 0 Å². The summed E-state index contributed by atoms with van der Waals surface area (Å²) >= 11 is 0. The van der Waals surface area contributed by atoms with Crippen molar-refractivity contribution in [1.82, 2.24) is 39.7 Å². The highest BCUT2D eigenvalue weighted by molar-refractivity contribution is 5.85. The van der Waals surface area contributed by atoms with Crippen LogP contribution in [0.25, 0.3) is 44.9 Å². The number of rotatable bonds is 10. The number of hydrogen-bond donors (Lipinski definition) is 1. The fourth-order valence-corrected chi connectivity index (χ4v) is 5.68. The number of tetrazole rings is 1. The molecule has 0 aliphatic carbocycles. The summed E-state index contributed by atoms with van der Waals surface area (Å²) in [6.45, 7) is 10.7. The molecule has 6 aromatic rings. The highest BCUT2D eigenvalue weighted by Crippen LogP contribution is 2.32. The lowest BCUT2D eigenvalue weighted by atomic mass is 9.98. The number of nitrogens with one attached hydrogen (secondary N) is 1. The van der Waals surface area contributed by atoms with Crippen LogP contribution in [-0.4, -0.2) is 53.4 Å². The minimum atomic E-state index is 0.638. The van der Waals surface area contributed by atoms with Crippen molar-refractivity contribution in [3.8, 4) is 33.9 Å². The Labute approximate surface area is 245 Å². The van der Waals surface area contributed by atoms with E-state index in [-0.39, 0.29) is 0 Å². The molecule has 0 bridgehead atoms. The second-order valence-electron chi connectivity index (χ2n) is 10.8. The predicted molar refractivity (Wildman–Crippen MR) is 165 cm³/mol. The van der Waals surface area contributed by atoms with E-state index in [1.54, 1.807) is 7.11 Å². The largest absolute Gasteiger partial charge is 0.383 e. The van der Waals surface area contributed by atoms with Crippen molar-refractivity contribution in [2.45, 2.75) is 53.6 Å². The molecular weight excluding hydrogens is 524 g/mol. The minimum absolute atomic E-state index is 0.638. The van der Waals surface area contributed by atoms with Gasteiger partial charge in [-0.2, -0.15) is 0 Å². The smallest absolute Gasteiger partial charge is 0.180 e. The van der Waals surface area contributed by atoms with Gasteiger partial charge in [0.05, 0.1) is 23.3 Å². The Morgan fingerprint density at radius 1 is 0.881 bits per heavy atom. The third-order valence-electron chi connectivity index (χ3n) is 7.97. The number of benzene rings is 3. The van der Waals surface area contributed by atoms with Crippen LogP contribution >= 0.6 is 0 Å². The molecule has 1 N–H and O–H groups in total. The van der Waals surface area contributed by atoms with Gasteiger partial charge >= 0.3 is 0 Å². The zero-order chi connectivity index (χ0) is 29.2. The molecule has 0 spiro atoms. The number of fused-ring (bicyclic) bond motifs is 1. The van der Waals surface area contributed by atoms with E-state index >= 15 is 0 Å². The molecule has 0 saturated carbocycles. The molecule has 3 aromatic carbocycles. The first-order valence-electron chi connectivity index (χ1n) is 14.4. The van der Waals surface area contributed by atoms with Crippen molar-refractivity contribution in [1.29, 1.82) is 0 Å². The zero-order valence-corrected chi connectivity index (χ0v) is 24.8. The summed E-state index contributed by atoms with van der Waals surface area (Å²) in [5.74, 6) is 2.74. The molecular formula is C33H36N8O. The molecule has 3 aromatic heterocycles. The van der Waals surface area contributed by atoms with E-state index in [2.05, 4.69) is 99.9 Å². The van der Waals surface area contributed by atoms with Gasteiger partial charge in [0.2, 0.25) is 0 Å². The Morgan fingerprint density at radius 3 is 2.38 bits per heavy atom. The van der Waals surface area contributed by atoms with Gasteiger partial charge in [0.25, 0.3) is 0 Å². The zero-order valence-electron chi connectivity index (χ0n) is 24.8. The van der Waals surface area contributed by atoms with Gasteiger partial charge in [-0.05, 0) is 72.0 Å². The summed E-state index contributed by atoms with van der Waals surface area (Å²) in [4.78, 5) is 10.1. The third-order valence-corrected chi connectivity index (χ3v) is 7.97. The first-order chi connectivity index (χ1) is 20.5. The van der Waals surface area contributed by atoms with E-state index in [9.17, 15) is 0 Å². The second-order valence-corrected chi connectivity index (χ2v) is 10.8. The molecule has 6 rings (SSSR count). The number of hydrogen-bond acceptors (Lipinski definition) is 6. The molecule has 9 nitrogen and oxygen atoms in total. The molecule has 42 heavy (non-hydrogen) atoms. The number of aryl methyl sites for hydroxylation is 3. The molecule has 3 heterocycles. The van der Waals surface area contributed by atoms with Gasteiger partial charge in [0.15, 0.2) is 5.82 Å². The number of methoxy groups -OCH3 is 1. The number of imidazole rings is 2. The van der Waals surface area contributed by atoms with Crippen LogP contribution in [0.5, 0.6) is 0 Å². The summed E-state index contributed by atoms with van der Waals surface area (Å²) in [6.07, 6.45) is 1.95. The first-order valence-corrected chi connectivity index (χ1v) is 14.4. The standard InChI is InChI=1S/C33H36N8O/c1-6-9-30-35-31-21(2)18-26(33-34-22(3)23(4)40(33)16-17-42-5)19-29(31)41(30)20-24-12-14-25(15-13-24)27-10-7-8-11-28(27)32-36-38-39-37-32/h7-8,10-15,18-19H,6,9,16-17,20H2,1-5H3,(H,36,37,38,39). The highest BCUT2D eigenvalue weighted by atomic mass is 16.5. The maximum atomic E-state index is 5.40. The summed E-state index contributed by atoms with van der Waals surface area (Å²) in [6, 6.07) is 21.4. The van der Waals surface area contributed by atoms with Crippen molar-refractivity contribution < 1.29 is 4.74 Å². The van der Waals surface area contributed by atoms with Gasteiger partial charge in [-0.3, -0.25) is 0 Å². The van der Waals surface area contributed by atoms with E-state index in [0.29, 0.717) is 12.4 Å². The summed E-state index contributed by atoms with van der Waals surface area (Å²) < 4.78 is 10.0. The van der Waals surface area contributed by atoms with Crippen molar-refractivity contribution in [3.05, 3.63) is 89.0 Å². The summed E-state index contributed by atoms with van der Waals surface area (Å²) in [5.41, 5.74) is 11.0. The number of ether oxygens (including phenoxy) is 1. The minimum Gasteiger partial charge on any atom is -0.383 e.